The lowest BCUT2D eigenvalue weighted by atomic mass is 10.1. The Morgan fingerprint density at radius 2 is 1.69 bits per heavy atom. The van der Waals surface area contributed by atoms with Crippen molar-refractivity contribution in [3.63, 3.8) is 0 Å². The number of carbonyl (C=O) groups excluding carboxylic acids is 1. The van der Waals surface area contributed by atoms with Crippen LogP contribution in [0.4, 0.5) is 16.2 Å². The zero-order valence-electron chi connectivity index (χ0n) is 17.6. The van der Waals surface area contributed by atoms with E-state index in [-0.39, 0.29) is 0 Å². The molecule has 2 amide bonds. The van der Waals surface area contributed by atoms with Crippen LogP contribution in [0.1, 0.15) is 25.8 Å². The van der Waals surface area contributed by atoms with E-state index in [9.17, 15) is 4.79 Å². The Hall–Kier alpha value is -2.73. The summed E-state index contributed by atoms with van der Waals surface area (Å²) in [4.78, 5) is 15.9. The maximum atomic E-state index is 10.9. The summed E-state index contributed by atoms with van der Waals surface area (Å²) in [5, 5.41) is 2.54. The number of anilines is 2. The standard InChI is InChI=1S/C23H32N4O2/c1-17-5-9-21(10-6-17)26-15-18(2)27(19(3)16-26)13-4-14-29-22-11-7-20(8-12-22)25-23(24)28/h5-12,18-19H,4,13-16H2,1-3H3,(H3,24,25,28). The summed E-state index contributed by atoms with van der Waals surface area (Å²) in [5.74, 6) is 0.797. The predicted octanol–water partition coefficient (Wildman–Crippen LogP) is 3.85. The van der Waals surface area contributed by atoms with Gasteiger partial charge in [-0.25, -0.2) is 4.79 Å². The molecule has 1 saturated heterocycles. The molecule has 1 heterocycles. The number of hydrogen-bond donors (Lipinski definition) is 2. The molecule has 0 aromatic heterocycles. The molecule has 2 aromatic carbocycles. The summed E-state index contributed by atoms with van der Waals surface area (Å²) >= 11 is 0. The first-order valence-electron chi connectivity index (χ1n) is 10.3. The highest BCUT2D eigenvalue weighted by molar-refractivity contribution is 5.87. The van der Waals surface area contributed by atoms with E-state index in [0.717, 1.165) is 31.8 Å². The van der Waals surface area contributed by atoms with Crippen LogP contribution in [0.15, 0.2) is 48.5 Å². The second-order valence-corrected chi connectivity index (χ2v) is 7.89. The summed E-state index contributed by atoms with van der Waals surface area (Å²) < 4.78 is 5.85. The van der Waals surface area contributed by atoms with Gasteiger partial charge in [-0.05, 0) is 63.6 Å². The van der Waals surface area contributed by atoms with E-state index in [1.807, 2.05) is 12.1 Å². The molecule has 1 aliphatic heterocycles. The number of ether oxygens (including phenoxy) is 1. The second-order valence-electron chi connectivity index (χ2n) is 7.89. The van der Waals surface area contributed by atoms with E-state index in [2.05, 4.69) is 60.2 Å². The van der Waals surface area contributed by atoms with Gasteiger partial charge in [0.1, 0.15) is 5.75 Å². The number of nitrogens with zero attached hydrogens (tertiary/aromatic N) is 2. The van der Waals surface area contributed by atoms with Gasteiger partial charge >= 0.3 is 6.03 Å². The van der Waals surface area contributed by atoms with Crippen LogP contribution in [0.3, 0.4) is 0 Å². The number of aryl methyl sites for hydroxylation is 1. The van der Waals surface area contributed by atoms with E-state index in [4.69, 9.17) is 10.5 Å². The highest BCUT2D eigenvalue weighted by atomic mass is 16.5. The van der Waals surface area contributed by atoms with Gasteiger partial charge in [0.25, 0.3) is 0 Å². The molecule has 3 rings (SSSR count). The van der Waals surface area contributed by atoms with Gasteiger partial charge in [-0.15, -0.1) is 0 Å². The molecule has 0 spiro atoms. The first kappa shape index (κ1) is 21.0. The first-order chi connectivity index (χ1) is 13.9. The van der Waals surface area contributed by atoms with Crippen LogP contribution >= 0.6 is 0 Å². The highest BCUT2D eigenvalue weighted by Gasteiger charge is 2.29. The van der Waals surface area contributed by atoms with Gasteiger partial charge in [0, 0.05) is 43.1 Å². The Morgan fingerprint density at radius 1 is 1.07 bits per heavy atom. The van der Waals surface area contributed by atoms with Gasteiger partial charge in [0.05, 0.1) is 6.61 Å². The number of benzene rings is 2. The molecular formula is C23H32N4O2. The molecule has 2 aromatic rings. The lowest BCUT2D eigenvalue weighted by Gasteiger charge is -2.45. The molecule has 2 atom stereocenters. The van der Waals surface area contributed by atoms with E-state index in [0.29, 0.717) is 24.4 Å². The minimum atomic E-state index is -0.565. The first-order valence-corrected chi connectivity index (χ1v) is 10.3. The summed E-state index contributed by atoms with van der Waals surface area (Å²) in [5.41, 5.74) is 8.39. The smallest absolute Gasteiger partial charge is 0.316 e. The molecule has 6 heteroatoms. The van der Waals surface area contributed by atoms with Crippen molar-refractivity contribution >= 4 is 17.4 Å². The molecule has 29 heavy (non-hydrogen) atoms. The van der Waals surface area contributed by atoms with Crippen LogP contribution in [0.25, 0.3) is 0 Å². The molecule has 1 aliphatic rings. The Labute approximate surface area is 173 Å². The molecule has 0 bridgehead atoms. The number of amides is 2. The van der Waals surface area contributed by atoms with Crippen molar-refractivity contribution in [3.8, 4) is 5.75 Å². The maximum Gasteiger partial charge on any atom is 0.316 e. The summed E-state index contributed by atoms with van der Waals surface area (Å²) in [6.45, 7) is 10.5. The van der Waals surface area contributed by atoms with Gasteiger partial charge in [0.2, 0.25) is 0 Å². The minimum Gasteiger partial charge on any atom is -0.494 e. The van der Waals surface area contributed by atoms with E-state index >= 15 is 0 Å². The third kappa shape index (κ3) is 5.87. The van der Waals surface area contributed by atoms with Crippen molar-refractivity contribution in [1.29, 1.82) is 0 Å². The number of primary amides is 1. The fourth-order valence-corrected chi connectivity index (χ4v) is 3.98. The topological polar surface area (TPSA) is 70.8 Å². The molecule has 6 nitrogen and oxygen atoms in total. The lowest BCUT2D eigenvalue weighted by molar-refractivity contribution is 0.122. The van der Waals surface area contributed by atoms with E-state index < -0.39 is 6.03 Å². The Balaban J connectivity index is 1.44. The van der Waals surface area contributed by atoms with Crippen molar-refractivity contribution in [1.82, 2.24) is 4.90 Å². The molecule has 2 unspecified atom stereocenters. The monoisotopic (exact) mass is 396 g/mol. The van der Waals surface area contributed by atoms with Crippen LogP contribution in [-0.4, -0.2) is 49.3 Å². The van der Waals surface area contributed by atoms with Crippen molar-refractivity contribution in [3.05, 3.63) is 54.1 Å². The number of urea groups is 1. The SMILES string of the molecule is Cc1ccc(N2CC(C)N(CCCOc3ccc(NC(N)=O)cc3)C(C)C2)cc1. The zero-order valence-corrected chi connectivity index (χ0v) is 17.6. The molecule has 0 aliphatic carbocycles. The van der Waals surface area contributed by atoms with Crippen molar-refractivity contribution in [2.24, 2.45) is 5.73 Å². The molecule has 1 fully saturated rings. The fraction of sp³-hybridized carbons (Fsp3) is 0.435. The average molecular weight is 397 g/mol. The maximum absolute atomic E-state index is 10.9. The summed E-state index contributed by atoms with van der Waals surface area (Å²) in [7, 11) is 0. The number of nitrogens with two attached hydrogens (primary N) is 1. The normalized spacial score (nSPS) is 19.8. The number of nitrogens with one attached hydrogen (secondary N) is 1. The van der Waals surface area contributed by atoms with Crippen molar-refractivity contribution in [2.75, 3.05) is 36.5 Å². The van der Waals surface area contributed by atoms with Crippen LogP contribution in [0.5, 0.6) is 5.75 Å². The second kappa shape index (κ2) is 9.65. The highest BCUT2D eigenvalue weighted by Crippen LogP contribution is 2.23. The average Bonchev–Trinajstić information content (AvgIpc) is 2.68. The predicted molar refractivity (Wildman–Crippen MR) is 119 cm³/mol. The number of carbonyl (C=O) groups is 1. The molecule has 3 N–H and O–H groups in total. The van der Waals surface area contributed by atoms with Gasteiger partial charge in [-0.2, -0.15) is 0 Å². The summed E-state index contributed by atoms with van der Waals surface area (Å²) in [6, 6.07) is 16.5. The number of hydrogen-bond acceptors (Lipinski definition) is 4. The van der Waals surface area contributed by atoms with Crippen molar-refractivity contribution < 1.29 is 9.53 Å². The van der Waals surface area contributed by atoms with Crippen LogP contribution in [0.2, 0.25) is 0 Å². The van der Waals surface area contributed by atoms with Crippen molar-refractivity contribution in [2.45, 2.75) is 39.3 Å². The molecule has 0 radical (unpaired) electrons. The van der Waals surface area contributed by atoms with Gasteiger partial charge in [0.15, 0.2) is 0 Å². The Kier molecular flexibility index (Phi) is 6.99. The van der Waals surface area contributed by atoms with Crippen LogP contribution in [0, 0.1) is 6.92 Å². The Bertz CT molecular complexity index is 780. The third-order valence-electron chi connectivity index (χ3n) is 5.45. The number of piperazine rings is 1. The van der Waals surface area contributed by atoms with Gasteiger partial charge < -0.3 is 20.7 Å². The third-order valence-corrected chi connectivity index (χ3v) is 5.45. The van der Waals surface area contributed by atoms with Crippen LogP contribution in [-0.2, 0) is 0 Å². The fourth-order valence-electron chi connectivity index (χ4n) is 3.98. The summed E-state index contributed by atoms with van der Waals surface area (Å²) in [6.07, 6.45) is 0.973. The lowest BCUT2D eigenvalue weighted by Crippen LogP contribution is -2.57. The minimum absolute atomic E-state index is 0.499. The quantitative estimate of drug-likeness (QED) is 0.698. The van der Waals surface area contributed by atoms with Gasteiger partial charge in [-0.1, -0.05) is 17.7 Å². The zero-order chi connectivity index (χ0) is 20.8. The molecular weight excluding hydrogens is 364 g/mol. The Morgan fingerprint density at radius 3 is 2.28 bits per heavy atom. The van der Waals surface area contributed by atoms with E-state index in [1.54, 1.807) is 12.1 Å². The van der Waals surface area contributed by atoms with Gasteiger partial charge in [-0.3, -0.25) is 4.90 Å². The largest absolute Gasteiger partial charge is 0.494 e. The molecule has 0 saturated carbocycles. The number of rotatable bonds is 7. The van der Waals surface area contributed by atoms with Crippen LogP contribution < -0.4 is 20.7 Å². The van der Waals surface area contributed by atoms with E-state index in [1.165, 1.54) is 11.3 Å². The molecule has 156 valence electrons.